The minimum atomic E-state index is -0.650. The van der Waals surface area contributed by atoms with Crippen LogP contribution >= 0.6 is 23.4 Å². The Bertz CT molecular complexity index is 1260. The number of rotatable bonds is 5. The highest BCUT2D eigenvalue weighted by Crippen LogP contribution is 2.42. The van der Waals surface area contributed by atoms with Crippen LogP contribution in [0.15, 0.2) is 89.5 Å². The smallest absolute Gasteiger partial charge is 0.269 e. The number of carbonyl (C=O) groups is 2. The van der Waals surface area contributed by atoms with E-state index in [1.807, 2.05) is 36.4 Å². The van der Waals surface area contributed by atoms with E-state index >= 15 is 0 Å². The number of nitrogens with one attached hydrogen (secondary N) is 1. The third kappa shape index (κ3) is 5.08. The fraction of sp³-hybridized carbons (Fsp3) is 0.0800. The van der Waals surface area contributed by atoms with Gasteiger partial charge >= 0.3 is 0 Å². The van der Waals surface area contributed by atoms with Gasteiger partial charge in [-0.1, -0.05) is 53.7 Å². The molecule has 1 aliphatic rings. The van der Waals surface area contributed by atoms with Crippen molar-refractivity contribution in [3.05, 3.63) is 106 Å². The largest absolute Gasteiger partial charge is 0.321 e. The molecular weight excluding hydrogens is 461 g/mol. The van der Waals surface area contributed by atoms with Gasteiger partial charge in [0, 0.05) is 16.4 Å². The van der Waals surface area contributed by atoms with E-state index in [0.717, 1.165) is 17.3 Å². The second-order valence-corrected chi connectivity index (χ2v) is 8.83. The average molecular weight is 478 g/mol. The number of nitriles is 1. The van der Waals surface area contributed by atoms with E-state index in [4.69, 9.17) is 11.6 Å². The predicted octanol–water partition coefficient (Wildman–Crippen LogP) is 5.54. The lowest BCUT2D eigenvalue weighted by molar-refractivity contribution is -0.117. The molecule has 1 heterocycles. The topological polar surface area (TPSA) is 73.2 Å². The first-order chi connectivity index (χ1) is 16.0. The number of thioether (sulfide) groups is 1. The molecule has 1 saturated heterocycles. The Balaban J connectivity index is 1.72. The van der Waals surface area contributed by atoms with Gasteiger partial charge in [0.2, 0.25) is 5.91 Å². The Morgan fingerprint density at radius 1 is 1.06 bits per heavy atom. The first-order valence-electron chi connectivity index (χ1n) is 9.97. The van der Waals surface area contributed by atoms with Crippen LogP contribution in [0.1, 0.15) is 5.56 Å². The molecule has 0 bridgehead atoms. The van der Waals surface area contributed by atoms with Gasteiger partial charge in [-0.3, -0.25) is 14.5 Å². The Hall–Kier alpha value is -3.60. The van der Waals surface area contributed by atoms with Crippen LogP contribution < -0.4 is 10.2 Å². The Morgan fingerprint density at radius 3 is 2.36 bits per heavy atom. The summed E-state index contributed by atoms with van der Waals surface area (Å²) in [6.45, 7) is 0. The molecule has 1 aliphatic heterocycles. The summed E-state index contributed by atoms with van der Waals surface area (Å²) in [5, 5.41) is 12.7. The van der Waals surface area contributed by atoms with Crippen LogP contribution in [0.3, 0.4) is 0 Å². The molecule has 1 N–H and O–H groups in total. The molecule has 1 atom stereocenters. The molecule has 0 spiro atoms. The van der Waals surface area contributed by atoms with Gasteiger partial charge in [-0.05, 0) is 60.5 Å². The van der Waals surface area contributed by atoms with E-state index in [0.29, 0.717) is 22.8 Å². The minimum Gasteiger partial charge on any atom is -0.321 e. The van der Waals surface area contributed by atoms with E-state index in [1.165, 1.54) is 29.2 Å². The highest BCUT2D eigenvalue weighted by molar-refractivity contribution is 8.05. The van der Waals surface area contributed by atoms with Crippen molar-refractivity contribution in [3.63, 3.8) is 0 Å². The van der Waals surface area contributed by atoms with E-state index in [-0.39, 0.29) is 16.5 Å². The van der Waals surface area contributed by atoms with Gasteiger partial charge in [0.25, 0.3) is 5.91 Å². The predicted molar refractivity (Wildman–Crippen MR) is 128 cm³/mol. The summed E-state index contributed by atoms with van der Waals surface area (Å²) >= 11 is 7.04. The molecule has 8 heteroatoms. The van der Waals surface area contributed by atoms with Crippen LogP contribution in [0.2, 0.25) is 5.02 Å². The molecule has 0 radical (unpaired) electrons. The highest BCUT2D eigenvalue weighted by atomic mass is 35.5. The monoisotopic (exact) mass is 477 g/mol. The number of hydrogen-bond acceptors (Lipinski definition) is 4. The Kier molecular flexibility index (Phi) is 6.78. The number of benzene rings is 3. The average Bonchev–Trinajstić information content (AvgIpc) is 3.12. The van der Waals surface area contributed by atoms with Crippen molar-refractivity contribution in [1.82, 2.24) is 0 Å². The molecule has 1 fully saturated rings. The standard InChI is InChI=1S/C25H17ClFN3O2S/c26-17-6-10-19(11-7-17)29-23(31)21(15-28)25-30(20-12-8-18(27)9-13-20)24(32)22(33-25)14-16-4-2-1-3-5-16/h1-13,22H,14H2,(H,29,31)/b25-21-/t22-/m1/s1. The van der Waals surface area contributed by atoms with Crippen molar-refractivity contribution >= 4 is 46.6 Å². The van der Waals surface area contributed by atoms with E-state index < -0.39 is 17.0 Å². The maximum Gasteiger partial charge on any atom is 0.269 e. The molecule has 3 aromatic carbocycles. The lowest BCUT2D eigenvalue weighted by atomic mass is 10.1. The summed E-state index contributed by atoms with van der Waals surface area (Å²) < 4.78 is 13.5. The van der Waals surface area contributed by atoms with Crippen molar-refractivity contribution < 1.29 is 14.0 Å². The fourth-order valence-electron chi connectivity index (χ4n) is 3.37. The molecule has 0 aliphatic carbocycles. The van der Waals surface area contributed by atoms with E-state index in [1.54, 1.807) is 24.3 Å². The molecule has 164 valence electrons. The normalized spacial score (nSPS) is 16.9. The first kappa shape index (κ1) is 22.6. The van der Waals surface area contributed by atoms with Gasteiger partial charge < -0.3 is 5.32 Å². The van der Waals surface area contributed by atoms with Gasteiger partial charge in [-0.2, -0.15) is 5.26 Å². The van der Waals surface area contributed by atoms with Gasteiger partial charge in [0.15, 0.2) is 0 Å². The Labute approximate surface area is 199 Å². The second-order valence-electron chi connectivity index (χ2n) is 7.20. The summed E-state index contributed by atoms with van der Waals surface area (Å²) in [5.41, 5.74) is 1.59. The lowest BCUT2D eigenvalue weighted by Crippen LogP contribution is -2.30. The molecule has 4 rings (SSSR count). The minimum absolute atomic E-state index is 0.205. The van der Waals surface area contributed by atoms with Gasteiger partial charge in [0.05, 0.1) is 5.25 Å². The van der Waals surface area contributed by atoms with Crippen LogP contribution in [0.5, 0.6) is 0 Å². The second kappa shape index (κ2) is 9.90. The van der Waals surface area contributed by atoms with Crippen molar-refractivity contribution in [1.29, 1.82) is 5.26 Å². The molecule has 0 aromatic heterocycles. The summed E-state index contributed by atoms with van der Waals surface area (Å²) in [4.78, 5) is 27.7. The van der Waals surface area contributed by atoms with Crippen molar-refractivity contribution in [3.8, 4) is 6.07 Å². The van der Waals surface area contributed by atoms with Crippen LogP contribution in [-0.4, -0.2) is 17.1 Å². The Morgan fingerprint density at radius 2 is 1.73 bits per heavy atom. The van der Waals surface area contributed by atoms with Crippen molar-refractivity contribution in [2.75, 3.05) is 10.2 Å². The quantitative estimate of drug-likeness (QED) is 0.386. The maximum absolute atomic E-state index is 13.5. The molecule has 3 aromatic rings. The fourth-order valence-corrected chi connectivity index (χ4v) is 4.80. The number of amides is 2. The number of anilines is 2. The van der Waals surface area contributed by atoms with Crippen LogP contribution in [0, 0.1) is 17.1 Å². The van der Waals surface area contributed by atoms with E-state index in [9.17, 15) is 19.2 Å². The summed E-state index contributed by atoms with van der Waals surface area (Å²) in [5.74, 6) is -1.38. The number of carbonyl (C=O) groups excluding carboxylic acids is 2. The first-order valence-corrected chi connectivity index (χ1v) is 11.2. The highest BCUT2D eigenvalue weighted by Gasteiger charge is 2.40. The SMILES string of the molecule is N#C/C(C(=O)Nc1ccc(Cl)cc1)=C1/S[C@H](Cc2ccccc2)C(=O)N1c1ccc(F)cc1. The third-order valence-electron chi connectivity index (χ3n) is 4.96. The van der Waals surface area contributed by atoms with Gasteiger partial charge in [-0.25, -0.2) is 4.39 Å². The van der Waals surface area contributed by atoms with Crippen LogP contribution in [0.4, 0.5) is 15.8 Å². The molecule has 0 unspecified atom stereocenters. The zero-order valence-electron chi connectivity index (χ0n) is 17.2. The zero-order chi connectivity index (χ0) is 23.4. The molecule has 33 heavy (non-hydrogen) atoms. The van der Waals surface area contributed by atoms with Crippen LogP contribution in [-0.2, 0) is 16.0 Å². The number of hydrogen-bond donors (Lipinski definition) is 1. The van der Waals surface area contributed by atoms with Gasteiger partial charge in [0.1, 0.15) is 22.5 Å². The lowest BCUT2D eigenvalue weighted by Gasteiger charge is -2.18. The molecule has 5 nitrogen and oxygen atoms in total. The summed E-state index contributed by atoms with van der Waals surface area (Å²) in [7, 11) is 0. The van der Waals surface area contributed by atoms with Gasteiger partial charge in [-0.15, -0.1) is 0 Å². The van der Waals surface area contributed by atoms with Crippen molar-refractivity contribution in [2.45, 2.75) is 11.7 Å². The maximum atomic E-state index is 13.5. The summed E-state index contributed by atoms with van der Waals surface area (Å²) in [6.07, 6.45) is 0.420. The van der Waals surface area contributed by atoms with Crippen LogP contribution in [0.25, 0.3) is 0 Å². The number of nitrogens with zero attached hydrogens (tertiary/aromatic N) is 2. The zero-order valence-corrected chi connectivity index (χ0v) is 18.7. The molecule has 0 saturated carbocycles. The molecular formula is C25H17ClFN3O2S. The third-order valence-corrected chi connectivity index (χ3v) is 6.47. The number of halogens is 2. The van der Waals surface area contributed by atoms with Crippen molar-refractivity contribution in [2.24, 2.45) is 0 Å². The molecule has 2 amide bonds. The summed E-state index contributed by atoms with van der Waals surface area (Å²) in [6, 6.07) is 23.2. The van der Waals surface area contributed by atoms with E-state index in [2.05, 4.69) is 5.32 Å².